The van der Waals surface area contributed by atoms with E-state index in [0.717, 1.165) is 0 Å². The van der Waals surface area contributed by atoms with Crippen molar-refractivity contribution in [2.24, 2.45) is 0 Å². The Morgan fingerprint density at radius 3 is 2.11 bits per heavy atom. The van der Waals surface area contributed by atoms with E-state index in [1.807, 2.05) is 0 Å². The van der Waals surface area contributed by atoms with Crippen LogP contribution in [0.25, 0.3) is 0 Å². The van der Waals surface area contributed by atoms with Gasteiger partial charge in [0.05, 0.1) is 0 Å². The van der Waals surface area contributed by atoms with E-state index in [1.54, 1.807) is 51.1 Å². The molecule has 2 rings (SSSR count). The second-order valence-corrected chi connectivity index (χ2v) is 8.04. The molecule has 1 fully saturated rings. The van der Waals surface area contributed by atoms with E-state index < -0.39 is 20.3 Å². The molecule has 1 aliphatic carbocycles. The van der Waals surface area contributed by atoms with Gasteiger partial charge in [0.2, 0.25) is 10.0 Å². The number of hydrogen-bond acceptors (Lipinski definition) is 3. The molecule has 0 radical (unpaired) electrons. The normalized spacial score (nSPS) is 18.1. The lowest BCUT2D eigenvalue weighted by atomic mass is 10.1. The Bertz CT molecular complexity index is 581. The molecule has 0 saturated heterocycles. The number of ketones is 1. The Morgan fingerprint density at radius 2 is 1.68 bits per heavy atom. The van der Waals surface area contributed by atoms with Gasteiger partial charge in [-0.25, -0.2) is 13.1 Å². The highest BCUT2D eigenvalue weighted by Gasteiger charge is 2.61. The maximum atomic E-state index is 12.4. The van der Waals surface area contributed by atoms with Crippen LogP contribution in [0.5, 0.6) is 0 Å². The van der Waals surface area contributed by atoms with Crippen LogP contribution in [-0.2, 0) is 10.0 Å². The molecule has 4 nitrogen and oxygen atoms in total. The minimum atomic E-state index is -3.65. The summed E-state index contributed by atoms with van der Waals surface area (Å²) < 4.78 is 26.2. The molecule has 0 unspecified atom stereocenters. The zero-order valence-electron chi connectivity index (χ0n) is 11.4. The van der Waals surface area contributed by atoms with Crippen molar-refractivity contribution in [2.45, 2.75) is 43.9 Å². The van der Waals surface area contributed by atoms with Crippen molar-refractivity contribution in [2.75, 3.05) is 0 Å². The van der Waals surface area contributed by atoms with E-state index in [-0.39, 0.29) is 5.78 Å². The molecule has 1 aliphatic rings. The lowest BCUT2D eigenvalue weighted by molar-refractivity contribution is 0.0977. The summed E-state index contributed by atoms with van der Waals surface area (Å²) in [7, 11) is -3.65. The first-order valence-electron chi connectivity index (χ1n) is 6.31. The highest BCUT2D eigenvalue weighted by Crippen LogP contribution is 2.46. The average molecular weight is 281 g/mol. The van der Waals surface area contributed by atoms with E-state index in [4.69, 9.17) is 0 Å². The van der Waals surface area contributed by atoms with Gasteiger partial charge in [0.15, 0.2) is 5.78 Å². The Hall–Kier alpha value is -1.20. The van der Waals surface area contributed by atoms with Crippen LogP contribution in [0, 0.1) is 0 Å². The van der Waals surface area contributed by atoms with Gasteiger partial charge in [0, 0.05) is 11.1 Å². The molecule has 5 heteroatoms. The third-order valence-electron chi connectivity index (χ3n) is 3.11. The van der Waals surface area contributed by atoms with Gasteiger partial charge in [-0.05, 0) is 33.6 Å². The SMILES string of the molecule is CC(C)(C)NS(=O)(=O)C1(C(=O)c2ccccc2)CC1. The number of carbonyl (C=O) groups is 1. The van der Waals surface area contributed by atoms with Crippen LogP contribution in [0.2, 0.25) is 0 Å². The van der Waals surface area contributed by atoms with Crippen molar-refractivity contribution in [1.29, 1.82) is 0 Å². The standard InChI is InChI=1S/C14H19NO3S/c1-13(2,3)15-19(17,18)14(9-10-14)12(16)11-7-5-4-6-8-11/h4-8,15H,9-10H2,1-3H3. The van der Waals surface area contributed by atoms with Crippen molar-refractivity contribution < 1.29 is 13.2 Å². The topological polar surface area (TPSA) is 63.2 Å². The molecule has 0 aromatic heterocycles. The summed E-state index contributed by atoms with van der Waals surface area (Å²) in [4.78, 5) is 12.4. The number of sulfonamides is 1. The Morgan fingerprint density at radius 1 is 1.16 bits per heavy atom. The third-order valence-corrected chi connectivity index (χ3v) is 5.61. The van der Waals surface area contributed by atoms with E-state index in [9.17, 15) is 13.2 Å². The molecule has 1 saturated carbocycles. The van der Waals surface area contributed by atoms with Gasteiger partial charge in [-0.3, -0.25) is 4.79 Å². The molecule has 104 valence electrons. The lowest BCUT2D eigenvalue weighted by Crippen LogP contribution is -2.49. The predicted molar refractivity (Wildman–Crippen MR) is 74.5 cm³/mol. The van der Waals surface area contributed by atoms with Crippen LogP contribution >= 0.6 is 0 Å². The number of benzene rings is 1. The second kappa shape index (κ2) is 4.42. The molecule has 0 bridgehead atoms. The maximum absolute atomic E-state index is 12.4. The minimum absolute atomic E-state index is 0.301. The fraction of sp³-hybridized carbons (Fsp3) is 0.500. The van der Waals surface area contributed by atoms with Gasteiger partial charge in [-0.1, -0.05) is 30.3 Å². The molecular weight excluding hydrogens is 262 g/mol. The third kappa shape index (κ3) is 2.72. The van der Waals surface area contributed by atoms with E-state index >= 15 is 0 Å². The molecule has 1 aromatic carbocycles. The fourth-order valence-electron chi connectivity index (χ4n) is 2.08. The summed E-state index contributed by atoms with van der Waals surface area (Å²) in [6, 6.07) is 8.61. The van der Waals surface area contributed by atoms with Gasteiger partial charge >= 0.3 is 0 Å². The van der Waals surface area contributed by atoms with Crippen LogP contribution in [0.1, 0.15) is 44.0 Å². The molecule has 1 N–H and O–H groups in total. The summed E-state index contributed by atoms with van der Waals surface area (Å²) >= 11 is 0. The van der Waals surface area contributed by atoms with Gasteiger partial charge in [0.25, 0.3) is 0 Å². The van der Waals surface area contributed by atoms with Crippen molar-refractivity contribution in [3.8, 4) is 0 Å². The van der Waals surface area contributed by atoms with E-state index in [2.05, 4.69) is 4.72 Å². The Kier molecular flexibility index (Phi) is 3.31. The van der Waals surface area contributed by atoms with Gasteiger partial charge < -0.3 is 0 Å². The van der Waals surface area contributed by atoms with E-state index in [0.29, 0.717) is 18.4 Å². The Labute approximate surface area is 114 Å². The first-order valence-corrected chi connectivity index (χ1v) is 7.80. The molecular formula is C14H19NO3S. The number of Topliss-reactive ketones (excluding diaryl/α,β-unsaturated/α-hetero) is 1. The summed E-state index contributed by atoms with van der Waals surface area (Å²) in [5.74, 6) is -0.301. The van der Waals surface area contributed by atoms with Crippen molar-refractivity contribution >= 4 is 15.8 Å². The van der Waals surface area contributed by atoms with Gasteiger partial charge in [-0.15, -0.1) is 0 Å². The summed E-state index contributed by atoms with van der Waals surface area (Å²) in [6.07, 6.45) is 0.790. The number of hydrogen-bond donors (Lipinski definition) is 1. The molecule has 0 spiro atoms. The fourth-order valence-corrected chi connectivity index (χ4v) is 4.09. The second-order valence-electron chi connectivity index (χ2n) is 6.04. The smallest absolute Gasteiger partial charge is 0.225 e. The zero-order valence-corrected chi connectivity index (χ0v) is 12.3. The molecule has 0 amide bonds. The molecule has 19 heavy (non-hydrogen) atoms. The Balaban J connectivity index is 2.32. The first-order chi connectivity index (χ1) is 8.68. The quantitative estimate of drug-likeness (QED) is 0.860. The molecule has 1 aromatic rings. The highest BCUT2D eigenvalue weighted by atomic mass is 32.2. The van der Waals surface area contributed by atoms with Crippen LogP contribution in [0.3, 0.4) is 0 Å². The summed E-state index contributed by atoms with van der Waals surface area (Å²) in [5, 5.41) is 0. The zero-order chi connectivity index (χ0) is 14.3. The summed E-state index contributed by atoms with van der Waals surface area (Å²) in [5.41, 5.74) is -0.120. The van der Waals surface area contributed by atoms with Gasteiger partial charge in [0.1, 0.15) is 4.75 Å². The number of nitrogens with one attached hydrogen (secondary N) is 1. The largest absolute Gasteiger partial charge is 0.292 e. The average Bonchev–Trinajstić information content (AvgIpc) is 3.07. The lowest BCUT2D eigenvalue weighted by Gasteiger charge is -2.24. The molecule has 0 heterocycles. The van der Waals surface area contributed by atoms with E-state index in [1.165, 1.54) is 0 Å². The van der Waals surface area contributed by atoms with Crippen molar-refractivity contribution in [3.05, 3.63) is 35.9 Å². The van der Waals surface area contributed by atoms with Gasteiger partial charge in [-0.2, -0.15) is 0 Å². The number of carbonyl (C=O) groups excluding carboxylic acids is 1. The predicted octanol–water partition coefficient (Wildman–Crippen LogP) is 2.12. The highest BCUT2D eigenvalue weighted by molar-refractivity contribution is 7.92. The minimum Gasteiger partial charge on any atom is -0.292 e. The van der Waals surface area contributed by atoms with Crippen LogP contribution < -0.4 is 4.72 Å². The summed E-state index contributed by atoms with van der Waals surface area (Å²) in [6.45, 7) is 5.31. The monoisotopic (exact) mass is 281 g/mol. The van der Waals surface area contributed by atoms with Crippen molar-refractivity contribution in [3.63, 3.8) is 0 Å². The maximum Gasteiger partial charge on any atom is 0.225 e. The van der Waals surface area contributed by atoms with Crippen LogP contribution in [0.15, 0.2) is 30.3 Å². The molecule has 0 aliphatic heterocycles. The van der Waals surface area contributed by atoms with Crippen LogP contribution in [0.4, 0.5) is 0 Å². The first kappa shape index (κ1) is 14.2. The van der Waals surface area contributed by atoms with Crippen molar-refractivity contribution in [1.82, 2.24) is 4.72 Å². The molecule has 0 atom stereocenters. The van der Waals surface area contributed by atoms with Crippen LogP contribution in [-0.4, -0.2) is 24.5 Å². The number of rotatable bonds is 4.